The molecule has 0 saturated carbocycles. The summed E-state index contributed by atoms with van der Waals surface area (Å²) in [7, 11) is 0. The van der Waals surface area contributed by atoms with Crippen molar-refractivity contribution in [2.45, 2.75) is 6.10 Å². The van der Waals surface area contributed by atoms with Gasteiger partial charge >= 0.3 is 6.16 Å². The van der Waals surface area contributed by atoms with Crippen molar-refractivity contribution < 1.29 is 14.3 Å². The van der Waals surface area contributed by atoms with Crippen LogP contribution in [-0.2, 0) is 9.47 Å². The Morgan fingerprint density at radius 3 is 2.40 bits per heavy atom. The molecule has 3 nitrogen and oxygen atoms in total. The molecule has 56 valence electrons. The van der Waals surface area contributed by atoms with Gasteiger partial charge in [0.2, 0.25) is 0 Å². The maximum atomic E-state index is 10.1. The Balaban J connectivity index is 0.000000371. The molecule has 0 aromatic heterocycles. The van der Waals surface area contributed by atoms with Crippen LogP contribution in [0.1, 0.15) is 0 Å². The first-order chi connectivity index (χ1) is 4.83. The normalized spacial score (nSPS) is 21.6. The fourth-order valence-corrected chi connectivity index (χ4v) is 0.458. The van der Waals surface area contributed by atoms with Crippen LogP contribution in [0.2, 0.25) is 0 Å². The second-order valence-corrected chi connectivity index (χ2v) is 1.45. The SMILES string of the molecule is C=C.C=CC1COC(=O)O1. The molecule has 1 heterocycles. The van der Waals surface area contributed by atoms with E-state index in [2.05, 4.69) is 29.2 Å². The van der Waals surface area contributed by atoms with Crippen LogP contribution in [0, 0.1) is 0 Å². The minimum Gasteiger partial charge on any atom is -0.430 e. The zero-order valence-electron chi connectivity index (χ0n) is 5.71. The molecule has 0 amide bonds. The number of hydrogen-bond donors (Lipinski definition) is 0. The Kier molecular flexibility index (Phi) is 4.04. The van der Waals surface area contributed by atoms with Gasteiger partial charge in [-0.25, -0.2) is 4.79 Å². The fourth-order valence-electron chi connectivity index (χ4n) is 0.458. The molecular formula is C7H10O3. The second kappa shape index (κ2) is 4.61. The lowest BCUT2D eigenvalue weighted by atomic mass is 10.4. The molecule has 0 spiro atoms. The van der Waals surface area contributed by atoms with Gasteiger partial charge in [0.25, 0.3) is 0 Å². The highest BCUT2D eigenvalue weighted by Gasteiger charge is 2.20. The number of carbonyl (C=O) groups is 1. The third-order valence-corrected chi connectivity index (χ3v) is 0.876. The minimum atomic E-state index is -0.602. The molecule has 1 atom stereocenters. The molecule has 0 aromatic carbocycles. The van der Waals surface area contributed by atoms with Gasteiger partial charge in [0.15, 0.2) is 6.10 Å². The maximum Gasteiger partial charge on any atom is 0.509 e. The fraction of sp³-hybridized carbons (Fsp3) is 0.286. The standard InChI is InChI=1S/C5H6O3.C2H4/c1-2-4-3-7-5(6)8-4;1-2/h2,4H,1,3H2;1-2H2. The van der Waals surface area contributed by atoms with Crippen LogP contribution in [0.25, 0.3) is 0 Å². The van der Waals surface area contributed by atoms with E-state index in [0.717, 1.165) is 0 Å². The summed E-state index contributed by atoms with van der Waals surface area (Å²) in [5.74, 6) is 0. The van der Waals surface area contributed by atoms with Gasteiger partial charge in [0.05, 0.1) is 0 Å². The summed E-state index contributed by atoms with van der Waals surface area (Å²) in [6.07, 6.45) is 0.697. The summed E-state index contributed by atoms with van der Waals surface area (Å²) in [4.78, 5) is 10.1. The lowest BCUT2D eigenvalue weighted by Gasteiger charge is -1.92. The molecule has 1 fully saturated rings. The summed E-state index contributed by atoms with van der Waals surface area (Å²) >= 11 is 0. The Bertz CT molecular complexity index is 131. The first-order valence-corrected chi connectivity index (χ1v) is 2.79. The molecule has 0 N–H and O–H groups in total. The Hall–Kier alpha value is -1.25. The molecule has 1 aliphatic heterocycles. The monoisotopic (exact) mass is 142 g/mol. The average Bonchev–Trinajstić information content (AvgIpc) is 2.40. The highest BCUT2D eigenvalue weighted by atomic mass is 16.8. The topological polar surface area (TPSA) is 35.5 Å². The zero-order valence-corrected chi connectivity index (χ0v) is 5.71. The van der Waals surface area contributed by atoms with Gasteiger partial charge in [0.1, 0.15) is 6.61 Å². The molecule has 3 heteroatoms. The van der Waals surface area contributed by atoms with E-state index in [-0.39, 0.29) is 6.10 Å². The van der Waals surface area contributed by atoms with Crippen molar-refractivity contribution in [3.8, 4) is 0 Å². The highest BCUT2D eigenvalue weighted by molar-refractivity contribution is 5.62. The van der Waals surface area contributed by atoms with Crippen LogP contribution < -0.4 is 0 Å². The second-order valence-electron chi connectivity index (χ2n) is 1.45. The van der Waals surface area contributed by atoms with Crippen molar-refractivity contribution >= 4 is 6.16 Å². The van der Waals surface area contributed by atoms with E-state index >= 15 is 0 Å². The average molecular weight is 142 g/mol. The van der Waals surface area contributed by atoms with E-state index < -0.39 is 6.16 Å². The number of rotatable bonds is 1. The predicted octanol–water partition coefficient (Wildman–Crippen LogP) is 1.51. The van der Waals surface area contributed by atoms with E-state index in [1.807, 2.05) is 0 Å². The third kappa shape index (κ3) is 2.35. The van der Waals surface area contributed by atoms with Crippen molar-refractivity contribution in [2.24, 2.45) is 0 Å². The maximum absolute atomic E-state index is 10.1. The van der Waals surface area contributed by atoms with E-state index in [1.165, 1.54) is 6.08 Å². The van der Waals surface area contributed by atoms with E-state index in [9.17, 15) is 4.79 Å². The molecule has 0 aromatic rings. The first-order valence-electron chi connectivity index (χ1n) is 2.79. The lowest BCUT2D eigenvalue weighted by Crippen LogP contribution is -2.03. The molecular weight excluding hydrogens is 132 g/mol. The Morgan fingerprint density at radius 2 is 2.20 bits per heavy atom. The predicted molar refractivity (Wildman–Crippen MR) is 37.7 cm³/mol. The summed E-state index contributed by atoms with van der Waals surface area (Å²) in [5, 5.41) is 0. The Labute approximate surface area is 59.9 Å². The van der Waals surface area contributed by atoms with Crippen LogP contribution >= 0.6 is 0 Å². The van der Waals surface area contributed by atoms with Crippen molar-refractivity contribution in [1.82, 2.24) is 0 Å². The number of ether oxygens (including phenoxy) is 2. The van der Waals surface area contributed by atoms with Crippen LogP contribution in [-0.4, -0.2) is 18.9 Å². The van der Waals surface area contributed by atoms with Crippen LogP contribution in [0.3, 0.4) is 0 Å². The minimum absolute atomic E-state index is 0.234. The highest BCUT2D eigenvalue weighted by Crippen LogP contribution is 2.05. The van der Waals surface area contributed by atoms with Crippen LogP contribution in [0.5, 0.6) is 0 Å². The van der Waals surface area contributed by atoms with Gasteiger partial charge in [0, 0.05) is 0 Å². The zero-order chi connectivity index (χ0) is 7.98. The van der Waals surface area contributed by atoms with Crippen LogP contribution in [0.4, 0.5) is 4.79 Å². The van der Waals surface area contributed by atoms with E-state index in [4.69, 9.17) is 0 Å². The first kappa shape index (κ1) is 8.75. The summed E-state index contributed by atoms with van der Waals surface area (Å²) < 4.78 is 8.96. The largest absolute Gasteiger partial charge is 0.509 e. The number of hydrogen-bond acceptors (Lipinski definition) is 3. The number of carbonyl (C=O) groups excluding carboxylic acids is 1. The quantitative estimate of drug-likeness (QED) is 0.411. The number of cyclic esters (lactones) is 2. The van der Waals surface area contributed by atoms with Gasteiger partial charge in [-0.05, 0) is 6.08 Å². The van der Waals surface area contributed by atoms with Gasteiger partial charge in [-0.2, -0.15) is 0 Å². The van der Waals surface area contributed by atoms with Crippen LogP contribution in [0.15, 0.2) is 25.8 Å². The molecule has 10 heavy (non-hydrogen) atoms. The molecule has 1 aliphatic rings. The van der Waals surface area contributed by atoms with Crippen molar-refractivity contribution in [1.29, 1.82) is 0 Å². The Morgan fingerprint density at radius 1 is 1.60 bits per heavy atom. The van der Waals surface area contributed by atoms with Gasteiger partial charge < -0.3 is 9.47 Å². The smallest absolute Gasteiger partial charge is 0.430 e. The van der Waals surface area contributed by atoms with E-state index in [0.29, 0.717) is 6.61 Å². The summed E-state index contributed by atoms with van der Waals surface area (Å²) in [5.41, 5.74) is 0. The molecule has 0 radical (unpaired) electrons. The lowest BCUT2D eigenvalue weighted by molar-refractivity contribution is 0.125. The van der Waals surface area contributed by atoms with E-state index in [1.54, 1.807) is 0 Å². The van der Waals surface area contributed by atoms with Crippen molar-refractivity contribution in [2.75, 3.05) is 6.61 Å². The molecule has 1 unspecified atom stereocenters. The van der Waals surface area contributed by atoms with Gasteiger partial charge in [-0.1, -0.05) is 6.58 Å². The van der Waals surface area contributed by atoms with Gasteiger partial charge in [-0.3, -0.25) is 0 Å². The molecule has 0 bridgehead atoms. The molecule has 1 saturated heterocycles. The van der Waals surface area contributed by atoms with Crippen molar-refractivity contribution in [3.63, 3.8) is 0 Å². The third-order valence-electron chi connectivity index (χ3n) is 0.876. The van der Waals surface area contributed by atoms with Crippen molar-refractivity contribution in [3.05, 3.63) is 25.8 Å². The molecule has 1 rings (SSSR count). The summed E-state index contributed by atoms with van der Waals surface area (Å²) in [6.45, 7) is 9.73. The molecule has 0 aliphatic carbocycles. The summed E-state index contributed by atoms with van der Waals surface area (Å²) in [6, 6.07) is 0. The van der Waals surface area contributed by atoms with Gasteiger partial charge in [-0.15, -0.1) is 13.2 Å².